The number of methoxy groups -OCH3 is 1. The van der Waals surface area contributed by atoms with Crippen LogP contribution in [0.3, 0.4) is 0 Å². The number of alkyl halides is 1. The second kappa shape index (κ2) is 14.3. The summed E-state index contributed by atoms with van der Waals surface area (Å²) in [5, 5.41) is 9.56. The number of hydrogen-bond donors (Lipinski definition) is 1. The molecule has 230 valence electrons. The van der Waals surface area contributed by atoms with Crippen LogP contribution in [-0.2, 0) is 29.0 Å². The highest BCUT2D eigenvalue weighted by atomic mass is 127. The Hall–Kier alpha value is -2.76. The Morgan fingerprint density at radius 3 is 2.70 bits per heavy atom. The molecule has 2 aliphatic heterocycles. The maximum absolute atomic E-state index is 15.4. The fourth-order valence-corrected chi connectivity index (χ4v) is 7.58. The second-order valence-corrected chi connectivity index (χ2v) is 12.4. The minimum Gasteiger partial charge on any atom is -0.488 e. The summed E-state index contributed by atoms with van der Waals surface area (Å²) >= 11 is 2.46. The lowest BCUT2D eigenvalue weighted by molar-refractivity contribution is -0.147. The lowest BCUT2D eigenvalue weighted by Gasteiger charge is -2.36. The zero-order valence-corrected chi connectivity index (χ0v) is 27.3. The van der Waals surface area contributed by atoms with Crippen LogP contribution < -0.4 is 9.64 Å². The Kier molecular flexibility index (Phi) is 10.6. The molecule has 0 aliphatic carbocycles. The number of carboxylic acids is 1. The summed E-state index contributed by atoms with van der Waals surface area (Å²) in [5.74, 6) is 0.00184. The number of carbonyl (C=O) groups is 1. The Bertz CT molecular complexity index is 1430. The van der Waals surface area contributed by atoms with Crippen LogP contribution in [0.4, 0.5) is 10.2 Å². The normalized spacial score (nSPS) is 19.9. The van der Waals surface area contributed by atoms with Gasteiger partial charge >= 0.3 is 5.97 Å². The summed E-state index contributed by atoms with van der Waals surface area (Å²) in [6, 6.07) is 16.1. The predicted molar refractivity (Wildman–Crippen MR) is 176 cm³/mol. The highest BCUT2D eigenvalue weighted by molar-refractivity contribution is 14.1. The number of para-hydroxylation sites is 1. The molecule has 3 heterocycles. The predicted octanol–water partition coefficient (Wildman–Crippen LogP) is 6.32. The van der Waals surface area contributed by atoms with Gasteiger partial charge in [0.15, 0.2) is 0 Å². The van der Waals surface area contributed by atoms with Crippen molar-refractivity contribution in [2.75, 3.05) is 42.6 Å². The topological polar surface area (TPSA) is 75.1 Å². The highest BCUT2D eigenvalue weighted by Crippen LogP contribution is 2.35. The SMILES string of the molecule is CCC(CI)N1CCc2cc(COc3c(C)cccc3-c3cccc(N4CC[C@@H](C(=O)O)[C@@H](OC)C4)n3)cc(F)c2CC1. The zero-order chi connectivity index (χ0) is 30.5. The summed E-state index contributed by atoms with van der Waals surface area (Å²) in [6.07, 6.45) is 2.77. The quantitative estimate of drug-likeness (QED) is 0.196. The number of nitrogens with zero attached hydrogens (tertiary/aromatic N) is 3. The molecule has 9 heteroatoms. The average molecular weight is 702 g/mol. The lowest BCUT2D eigenvalue weighted by Crippen LogP contribution is -2.47. The Balaban J connectivity index is 1.34. The van der Waals surface area contributed by atoms with Crippen LogP contribution in [0.5, 0.6) is 5.75 Å². The number of hydrogen-bond acceptors (Lipinski definition) is 6. The van der Waals surface area contributed by atoms with E-state index in [0.29, 0.717) is 25.6 Å². The number of carboxylic acid groups (broad SMARTS) is 1. The summed E-state index contributed by atoms with van der Waals surface area (Å²) in [6.45, 7) is 7.37. The van der Waals surface area contributed by atoms with Gasteiger partial charge in [0.05, 0.1) is 17.7 Å². The van der Waals surface area contributed by atoms with Gasteiger partial charge in [0.25, 0.3) is 0 Å². The number of halogens is 2. The van der Waals surface area contributed by atoms with Crippen molar-refractivity contribution < 1.29 is 23.8 Å². The van der Waals surface area contributed by atoms with Crippen LogP contribution in [-0.4, -0.2) is 70.8 Å². The fraction of sp³-hybridized carbons (Fsp3) is 0.471. The molecule has 7 nitrogen and oxygen atoms in total. The van der Waals surface area contributed by atoms with E-state index in [4.69, 9.17) is 14.5 Å². The molecule has 0 amide bonds. The minimum atomic E-state index is -0.826. The van der Waals surface area contributed by atoms with Gasteiger partial charge in [-0.15, -0.1) is 0 Å². The van der Waals surface area contributed by atoms with Gasteiger partial charge in [-0.25, -0.2) is 9.37 Å². The highest BCUT2D eigenvalue weighted by Gasteiger charge is 2.35. The molecule has 2 aliphatic rings. The number of pyridine rings is 1. The molecule has 0 spiro atoms. The van der Waals surface area contributed by atoms with Crippen LogP contribution >= 0.6 is 22.6 Å². The molecule has 1 aromatic heterocycles. The number of aliphatic carboxylic acids is 1. The third-order valence-electron chi connectivity index (χ3n) is 8.94. The molecule has 3 aromatic rings. The molecule has 0 bridgehead atoms. The summed E-state index contributed by atoms with van der Waals surface area (Å²) in [7, 11) is 1.56. The van der Waals surface area contributed by atoms with Gasteiger partial charge < -0.3 is 19.5 Å². The van der Waals surface area contributed by atoms with Gasteiger partial charge in [-0.1, -0.05) is 53.8 Å². The lowest BCUT2D eigenvalue weighted by atomic mass is 9.94. The molecule has 1 unspecified atom stereocenters. The van der Waals surface area contributed by atoms with E-state index in [9.17, 15) is 9.90 Å². The number of ether oxygens (including phenoxy) is 2. The van der Waals surface area contributed by atoms with E-state index in [1.807, 2.05) is 43.3 Å². The number of aryl methyl sites for hydroxylation is 1. The molecular formula is C34H41FIN3O4. The first-order valence-corrected chi connectivity index (χ1v) is 16.7. The first-order chi connectivity index (χ1) is 20.8. The van der Waals surface area contributed by atoms with E-state index in [0.717, 1.165) is 81.9 Å². The Labute approximate surface area is 267 Å². The van der Waals surface area contributed by atoms with Crippen LogP contribution in [0.1, 0.15) is 42.0 Å². The van der Waals surface area contributed by atoms with Crippen molar-refractivity contribution in [2.45, 2.75) is 58.3 Å². The van der Waals surface area contributed by atoms with Gasteiger partial charge in [0, 0.05) is 49.3 Å². The zero-order valence-electron chi connectivity index (χ0n) is 25.2. The first kappa shape index (κ1) is 31.7. The second-order valence-electron chi connectivity index (χ2n) is 11.5. The third kappa shape index (κ3) is 7.15. The molecule has 1 saturated heterocycles. The van der Waals surface area contributed by atoms with Crippen LogP contribution in [0.2, 0.25) is 0 Å². The van der Waals surface area contributed by atoms with E-state index < -0.39 is 18.0 Å². The number of piperidine rings is 1. The average Bonchev–Trinajstić information content (AvgIpc) is 3.24. The van der Waals surface area contributed by atoms with Gasteiger partial charge in [-0.2, -0.15) is 0 Å². The maximum Gasteiger partial charge on any atom is 0.309 e. The standard InChI is InChI=1S/C34H41FIN3O4/c1-4-25(19-36)38-14-11-24-17-23(18-29(35)26(24)12-15-38)21-43-33-22(2)7-5-8-27(33)30-9-6-10-32(37-30)39-16-13-28(34(40)41)31(20-39)42-3/h5-10,17-18,25,28,31H,4,11-16,19-21H2,1-3H3,(H,40,41)/t25?,28-,31+/m1/s1. The van der Waals surface area contributed by atoms with Crippen molar-refractivity contribution in [1.82, 2.24) is 9.88 Å². The van der Waals surface area contributed by atoms with Crippen LogP contribution in [0, 0.1) is 18.7 Å². The molecule has 1 N–H and O–H groups in total. The monoisotopic (exact) mass is 701 g/mol. The maximum atomic E-state index is 15.4. The van der Waals surface area contributed by atoms with Crippen molar-refractivity contribution in [1.29, 1.82) is 0 Å². The van der Waals surface area contributed by atoms with Gasteiger partial charge in [-0.05, 0) is 79.1 Å². The van der Waals surface area contributed by atoms with Crippen molar-refractivity contribution >= 4 is 34.4 Å². The van der Waals surface area contributed by atoms with Gasteiger partial charge in [0.2, 0.25) is 0 Å². The molecular weight excluding hydrogens is 660 g/mol. The van der Waals surface area contributed by atoms with Crippen molar-refractivity contribution in [3.05, 3.63) is 76.6 Å². The summed E-state index contributed by atoms with van der Waals surface area (Å²) in [5.41, 5.74) is 5.36. The fourth-order valence-electron chi connectivity index (χ4n) is 6.40. The Morgan fingerprint density at radius 1 is 1.16 bits per heavy atom. The van der Waals surface area contributed by atoms with Crippen molar-refractivity contribution in [3.8, 4) is 17.0 Å². The third-order valence-corrected chi connectivity index (χ3v) is 9.96. The molecule has 0 saturated carbocycles. The van der Waals surface area contributed by atoms with Crippen molar-refractivity contribution in [2.24, 2.45) is 5.92 Å². The molecule has 1 fully saturated rings. The molecule has 2 aromatic carbocycles. The van der Waals surface area contributed by atoms with Gasteiger partial charge in [-0.3, -0.25) is 9.69 Å². The van der Waals surface area contributed by atoms with Crippen LogP contribution in [0.15, 0.2) is 48.5 Å². The Morgan fingerprint density at radius 2 is 1.95 bits per heavy atom. The number of fused-ring (bicyclic) bond motifs is 1. The number of anilines is 1. The summed E-state index contributed by atoms with van der Waals surface area (Å²) in [4.78, 5) is 21.2. The van der Waals surface area contributed by atoms with Crippen molar-refractivity contribution in [3.63, 3.8) is 0 Å². The molecule has 3 atom stereocenters. The molecule has 43 heavy (non-hydrogen) atoms. The number of benzene rings is 2. The summed E-state index contributed by atoms with van der Waals surface area (Å²) < 4.78 is 28.4. The van der Waals surface area contributed by atoms with E-state index in [-0.39, 0.29) is 12.4 Å². The number of aromatic nitrogens is 1. The number of rotatable bonds is 10. The minimum absolute atomic E-state index is 0.138. The molecule has 0 radical (unpaired) electrons. The smallest absolute Gasteiger partial charge is 0.309 e. The largest absolute Gasteiger partial charge is 0.488 e. The van der Waals surface area contributed by atoms with Crippen LogP contribution in [0.25, 0.3) is 11.3 Å². The van der Waals surface area contributed by atoms with E-state index >= 15 is 4.39 Å². The molecule has 5 rings (SSSR count). The van der Waals surface area contributed by atoms with E-state index in [1.54, 1.807) is 13.2 Å². The van der Waals surface area contributed by atoms with Gasteiger partial charge in [0.1, 0.15) is 24.0 Å². The first-order valence-electron chi connectivity index (χ1n) is 15.1. The van der Waals surface area contributed by atoms with E-state index in [1.165, 1.54) is 0 Å². The van der Waals surface area contributed by atoms with E-state index in [2.05, 4.69) is 45.4 Å².